The van der Waals surface area contributed by atoms with E-state index in [1.165, 1.54) is 12.8 Å². The smallest absolute Gasteiger partial charge is 0.224 e. The lowest BCUT2D eigenvalue weighted by Crippen LogP contribution is -2.36. The first-order valence-electron chi connectivity index (χ1n) is 6.94. The van der Waals surface area contributed by atoms with E-state index >= 15 is 0 Å². The molecule has 104 valence electrons. The molecular weight excluding hydrogens is 260 g/mol. The highest BCUT2D eigenvalue weighted by Gasteiger charge is 2.27. The molecular formula is C15H21ClN2O. The molecule has 1 saturated carbocycles. The topological polar surface area (TPSA) is 32.3 Å². The number of amides is 1. The summed E-state index contributed by atoms with van der Waals surface area (Å²) in [6.07, 6.45) is 3.02. The molecule has 0 radical (unpaired) electrons. The summed E-state index contributed by atoms with van der Waals surface area (Å²) in [5.74, 6) is 0.0640. The van der Waals surface area contributed by atoms with Crippen molar-refractivity contribution in [2.24, 2.45) is 0 Å². The van der Waals surface area contributed by atoms with Crippen LogP contribution in [0.25, 0.3) is 0 Å². The Hall–Kier alpha value is -1.06. The van der Waals surface area contributed by atoms with Gasteiger partial charge in [0.2, 0.25) is 5.91 Å². The van der Waals surface area contributed by atoms with Crippen molar-refractivity contribution in [3.05, 3.63) is 34.9 Å². The molecule has 19 heavy (non-hydrogen) atoms. The predicted octanol–water partition coefficient (Wildman–Crippen LogP) is 2.48. The Labute approximate surface area is 119 Å². The molecule has 0 saturated heterocycles. The van der Waals surface area contributed by atoms with Crippen LogP contribution in [0.5, 0.6) is 0 Å². The molecule has 1 aliphatic rings. The zero-order chi connectivity index (χ0) is 13.7. The highest BCUT2D eigenvalue weighted by atomic mass is 35.5. The van der Waals surface area contributed by atoms with Gasteiger partial charge in [-0.15, -0.1) is 0 Å². The van der Waals surface area contributed by atoms with Crippen LogP contribution in [0, 0.1) is 0 Å². The van der Waals surface area contributed by atoms with Crippen molar-refractivity contribution in [3.63, 3.8) is 0 Å². The van der Waals surface area contributed by atoms with Crippen LogP contribution in [-0.2, 0) is 11.2 Å². The second-order valence-corrected chi connectivity index (χ2v) is 5.45. The van der Waals surface area contributed by atoms with Crippen LogP contribution in [-0.4, -0.2) is 36.5 Å². The minimum absolute atomic E-state index is 0.0640. The number of nitrogens with one attached hydrogen (secondary N) is 1. The van der Waals surface area contributed by atoms with Crippen LogP contribution in [0.15, 0.2) is 24.3 Å². The zero-order valence-electron chi connectivity index (χ0n) is 11.4. The quantitative estimate of drug-likeness (QED) is 0.832. The van der Waals surface area contributed by atoms with Crippen LogP contribution >= 0.6 is 11.6 Å². The van der Waals surface area contributed by atoms with Crippen molar-refractivity contribution in [2.75, 3.05) is 19.6 Å². The van der Waals surface area contributed by atoms with E-state index in [9.17, 15) is 4.79 Å². The molecule has 0 aliphatic heterocycles. The first kappa shape index (κ1) is 14.4. The normalized spacial score (nSPS) is 14.7. The number of likely N-dealkylation sites (N-methyl/N-ethyl adjacent to an activating group) is 1. The van der Waals surface area contributed by atoms with Crippen LogP contribution in [0.4, 0.5) is 0 Å². The average Bonchev–Trinajstić information content (AvgIpc) is 3.19. The van der Waals surface area contributed by atoms with Crippen LogP contribution in [0.2, 0.25) is 5.02 Å². The van der Waals surface area contributed by atoms with Gasteiger partial charge >= 0.3 is 0 Å². The van der Waals surface area contributed by atoms with Gasteiger partial charge in [-0.3, -0.25) is 9.69 Å². The van der Waals surface area contributed by atoms with E-state index in [1.807, 2.05) is 24.3 Å². The summed E-state index contributed by atoms with van der Waals surface area (Å²) in [5.41, 5.74) is 0.958. The second-order valence-electron chi connectivity index (χ2n) is 5.02. The third-order valence-electron chi connectivity index (χ3n) is 3.44. The summed E-state index contributed by atoms with van der Waals surface area (Å²) >= 11 is 5.90. The maximum Gasteiger partial charge on any atom is 0.224 e. The lowest BCUT2D eigenvalue weighted by atomic mass is 10.1. The van der Waals surface area contributed by atoms with E-state index < -0.39 is 0 Å². The van der Waals surface area contributed by atoms with E-state index in [4.69, 9.17) is 11.6 Å². The Morgan fingerprint density at radius 2 is 2.26 bits per heavy atom. The van der Waals surface area contributed by atoms with Gasteiger partial charge < -0.3 is 5.32 Å². The summed E-state index contributed by atoms with van der Waals surface area (Å²) in [5, 5.41) is 3.65. The van der Waals surface area contributed by atoms with Gasteiger partial charge in [0.15, 0.2) is 0 Å². The molecule has 1 aromatic rings. The molecule has 2 rings (SSSR count). The van der Waals surface area contributed by atoms with E-state index in [0.717, 1.165) is 31.2 Å². The number of carbonyl (C=O) groups excluding carboxylic acids is 1. The number of nitrogens with zero attached hydrogens (tertiary/aromatic N) is 1. The largest absolute Gasteiger partial charge is 0.355 e. The number of carbonyl (C=O) groups is 1. The first-order valence-corrected chi connectivity index (χ1v) is 7.32. The highest BCUT2D eigenvalue weighted by molar-refractivity contribution is 6.30. The minimum Gasteiger partial charge on any atom is -0.355 e. The number of hydrogen-bond acceptors (Lipinski definition) is 2. The highest BCUT2D eigenvalue weighted by Crippen LogP contribution is 2.25. The monoisotopic (exact) mass is 280 g/mol. The zero-order valence-corrected chi connectivity index (χ0v) is 12.1. The Morgan fingerprint density at radius 3 is 2.89 bits per heavy atom. The van der Waals surface area contributed by atoms with E-state index in [-0.39, 0.29) is 5.91 Å². The molecule has 1 amide bonds. The molecule has 0 aromatic heterocycles. The molecule has 4 heteroatoms. The number of rotatable bonds is 7. The van der Waals surface area contributed by atoms with Crippen LogP contribution < -0.4 is 5.32 Å². The second kappa shape index (κ2) is 6.92. The Kier molecular flexibility index (Phi) is 5.23. The fourth-order valence-electron chi connectivity index (χ4n) is 2.27. The Balaban J connectivity index is 1.69. The van der Waals surface area contributed by atoms with Crippen LogP contribution in [0.1, 0.15) is 25.3 Å². The predicted molar refractivity (Wildman–Crippen MR) is 78.4 cm³/mol. The first-order chi connectivity index (χ1) is 9.19. The minimum atomic E-state index is 0.0640. The van der Waals surface area contributed by atoms with E-state index in [0.29, 0.717) is 11.4 Å². The number of halogens is 1. The number of benzene rings is 1. The fourth-order valence-corrected chi connectivity index (χ4v) is 2.49. The Bertz CT molecular complexity index is 432. The molecule has 0 unspecified atom stereocenters. The van der Waals surface area contributed by atoms with Gasteiger partial charge in [-0.05, 0) is 37.1 Å². The van der Waals surface area contributed by atoms with E-state index in [1.54, 1.807) is 0 Å². The summed E-state index contributed by atoms with van der Waals surface area (Å²) in [4.78, 5) is 14.2. The van der Waals surface area contributed by atoms with Gasteiger partial charge in [-0.2, -0.15) is 0 Å². The summed E-state index contributed by atoms with van der Waals surface area (Å²) < 4.78 is 0. The van der Waals surface area contributed by atoms with Gasteiger partial charge in [0, 0.05) is 24.2 Å². The van der Waals surface area contributed by atoms with Crippen molar-refractivity contribution >= 4 is 17.5 Å². The summed E-state index contributed by atoms with van der Waals surface area (Å²) in [6, 6.07) is 8.21. The molecule has 1 aromatic carbocycles. The van der Waals surface area contributed by atoms with Crippen LogP contribution in [0.3, 0.4) is 0 Å². The third kappa shape index (κ3) is 4.84. The lowest BCUT2D eigenvalue weighted by molar-refractivity contribution is -0.120. The molecule has 1 fully saturated rings. The molecule has 0 spiro atoms. The molecule has 1 aliphatic carbocycles. The van der Waals surface area contributed by atoms with Gasteiger partial charge in [-0.25, -0.2) is 0 Å². The summed E-state index contributed by atoms with van der Waals surface area (Å²) in [7, 11) is 0. The average molecular weight is 281 g/mol. The molecule has 0 atom stereocenters. The lowest BCUT2D eigenvalue weighted by Gasteiger charge is -2.19. The maximum absolute atomic E-state index is 11.8. The molecule has 0 heterocycles. The fraction of sp³-hybridized carbons (Fsp3) is 0.533. The van der Waals surface area contributed by atoms with E-state index in [2.05, 4.69) is 17.1 Å². The van der Waals surface area contributed by atoms with Gasteiger partial charge in [0.1, 0.15) is 0 Å². The van der Waals surface area contributed by atoms with Crippen molar-refractivity contribution < 1.29 is 4.79 Å². The molecule has 1 N–H and O–H groups in total. The maximum atomic E-state index is 11.8. The third-order valence-corrected chi connectivity index (χ3v) is 3.68. The van der Waals surface area contributed by atoms with Crippen molar-refractivity contribution in [1.29, 1.82) is 0 Å². The SMILES string of the molecule is CCN(CCNC(=O)Cc1cccc(Cl)c1)C1CC1. The van der Waals surface area contributed by atoms with Crippen molar-refractivity contribution in [2.45, 2.75) is 32.2 Å². The number of hydrogen-bond donors (Lipinski definition) is 1. The van der Waals surface area contributed by atoms with Gasteiger partial charge in [0.05, 0.1) is 6.42 Å². The standard InChI is InChI=1S/C15H21ClN2O/c1-2-18(14-6-7-14)9-8-17-15(19)11-12-4-3-5-13(16)10-12/h3-5,10,14H,2,6-9,11H2,1H3,(H,17,19). The summed E-state index contributed by atoms with van der Waals surface area (Å²) in [6.45, 7) is 4.91. The molecule has 3 nitrogen and oxygen atoms in total. The van der Waals surface area contributed by atoms with Gasteiger partial charge in [-0.1, -0.05) is 30.7 Å². The van der Waals surface area contributed by atoms with Crippen molar-refractivity contribution in [1.82, 2.24) is 10.2 Å². The van der Waals surface area contributed by atoms with Crippen molar-refractivity contribution in [3.8, 4) is 0 Å². The Morgan fingerprint density at radius 1 is 1.47 bits per heavy atom. The van der Waals surface area contributed by atoms with Gasteiger partial charge in [0.25, 0.3) is 0 Å². The molecule has 0 bridgehead atoms.